The molecule has 0 aliphatic heterocycles. The van der Waals surface area contributed by atoms with Crippen LogP contribution >= 0.6 is 0 Å². The van der Waals surface area contributed by atoms with E-state index in [1.54, 1.807) is 18.2 Å². The average molecular weight is 392 g/mol. The summed E-state index contributed by atoms with van der Waals surface area (Å²) >= 11 is 0. The molecule has 3 aromatic rings. The van der Waals surface area contributed by atoms with Crippen molar-refractivity contribution in [2.24, 2.45) is 0 Å². The molecule has 6 nitrogen and oxygen atoms in total. The van der Waals surface area contributed by atoms with Gasteiger partial charge in [-0.1, -0.05) is 17.3 Å². The van der Waals surface area contributed by atoms with Crippen LogP contribution in [0.1, 0.15) is 16.1 Å². The Morgan fingerprint density at radius 1 is 1.04 bits per heavy atom. The summed E-state index contributed by atoms with van der Waals surface area (Å²) in [5.41, 5.74) is -0.927. The number of ether oxygens (including phenoxy) is 2. The number of methoxy groups -OCH3 is 2. The minimum absolute atomic E-state index is 0.165. The summed E-state index contributed by atoms with van der Waals surface area (Å²) in [5.74, 6) is 0.372. The van der Waals surface area contributed by atoms with Gasteiger partial charge in [-0.05, 0) is 30.3 Å². The summed E-state index contributed by atoms with van der Waals surface area (Å²) in [7, 11) is 2.96. The third kappa shape index (κ3) is 3.93. The third-order valence-electron chi connectivity index (χ3n) is 3.89. The number of carbonyl (C=O) groups is 1. The van der Waals surface area contributed by atoms with E-state index in [0.29, 0.717) is 17.1 Å². The number of halogens is 3. The number of carbonyl (C=O) groups excluding carboxylic acids is 1. The Morgan fingerprint density at radius 3 is 2.43 bits per heavy atom. The molecule has 1 heterocycles. The third-order valence-corrected chi connectivity index (χ3v) is 3.89. The fourth-order valence-corrected chi connectivity index (χ4v) is 2.53. The summed E-state index contributed by atoms with van der Waals surface area (Å²) in [6.07, 6.45) is -4.60. The molecular formula is C19H15F3N2O4. The van der Waals surface area contributed by atoms with Gasteiger partial charge < -0.3 is 19.3 Å². The molecule has 1 amide bonds. The molecule has 9 heteroatoms. The molecular weight excluding hydrogens is 377 g/mol. The number of amides is 1. The summed E-state index contributed by atoms with van der Waals surface area (Å²) in [5, 5.41) is 5.85. The van der Waals surface area contributed by atoms with Gasteiger partial charge in [-0.2, -0.15) is 13.2 Å². The second kappa shape index (κ2) is 7.63. The number of nitrogens with one attached hydrogen (secondary N) is 1. The van der Waals surface area contributed by atoms with Crippen LogP contribution in [-0.2, 0) is 6.18 Å². The lowest BCUT2D eigenvalue weighted by atomic mass is 10.1. The van der Waals surface area contributed by atoms with Crippen molar-refractivity contribution in [3.8, 4) is 22.8 Å². The van der Waals surface area contributed by atoms with Gasteiger partial charge in [-0.15, -0.1) is 0 Å². The zero-order chi connectivity index (χ0) is 20.3. The maximum atomic E-state index is 13.1. The van der Waals surface area contributed by atoms with Crippen LogP contribution in [0.5, 0.6) is 11.5 Å². The SMILES string of the molecule is COc1ccc(-c2cc(C(=O)Nc3ccccc3C(F)(F)F)no2)cc1OC. The number of hydrogen-bond donors (Lipinski definition) is 1. The number of benzene rings is 2. The molecule has 3 rings (SSSR count). The highest BCUT2D eigenvalue weighted by Gasteiger charge is 2.33. The van der Waals surface area contributed by atoms with Gasteiger partial charge in [-0.25, -0.2) is 0 Å². The van der Waals surface area contributed by atoms with Crippen molar-refractivity contribution < 1.29 is 32.0 Å². The smallest absolute Gasteiger partial charge is 0.418 e. The van der Waals surface area contributed by atoms with Crippen molar-refractivity contribution in [2.45, 2.75) is 6.18 Å². The van der Waals surface area contributed by atoms with E-state index in [4.69, 9.17) is 14.0 Å². The van der Waals surface area contributed by atoms with E-state index in [1.807, 2.05) is 0 Å². The first-order valence-electron chi connectivity index (χ1n) is 8.00. The second-order valence-corrected chi connectivity index (χ2v) is 5.64. The Bertz CT molecular complexity index is 999. The van der Waals surface area contributed by atoms with Gasteiger partial charge >= 0.3 is 6.18 Å². The predicted octanol–water partition coefficient (Wildman–Crippen LogP) is 4.63. The lowest BCUT2D eigenvalue weighted by Crippen LogP contribution is -2.16. The Labute approximate surface area is 157 Å². The average Bonchev–Trinajstić information content (AvgIpc) is 3.17. The highest BCUT2D eigenvalue weighted by Crippen LogP contribution is 2.35. The Morgan fingerprint density at radius 2 is 1.75 bits per heavy atom. The second-order valence-electron chi connectivity index (χ2n) is 5.64. The van der Waals surface area contributed by atoms with Gasteiger partial charge in [0.25, 0.3) is 5.91 Å². The molecule has 0 unspecified atom stereocenters. The van der Waals surface area contributed by atoms with Crippen molar-refractivity contribution in [1.82, 2.24) is 5.16 Å². The maximum absolute atomic E-state index is 13.1. The molecule has 0 aliphatic rings. The molecule has 2 aromatic carbocycles. The van der Waals surface area contributed by atoms with Gasteiger partial charge in [0.1, 0.15) is 0 Å². The molecule has 1 aromatic heterocycles. The number of anilines is 1. The van der Waals surface area contributed by atoms with Crippen LogP contribution in [0.15, 0.2) is 53.1 Å². The fraction of sp³-hybridized carbons (Fsp3) is 0.158. The van der Waals surface area contributed by atoms with E-state index in [-0.39, 0.29) is 17.1 Å². The number of para-hydroxylation sites is 1. The Kier molecular flexibility index (Phi) is 5.25. The quantitative estimate of drug-likeness (QED) is 0.685. The molecule has 0 aliphatic carbocycles. The molecule has 0 saturated heterocycles. The van der Waals surface area contributed by atoms with Crippen LogP contribution in [-0.4, -0.2) is 25.3 Å². The summed E-state index contributed by atoms with van der Waals surface area (Å²) < 4.78 is 54.7. The zero-order valence-corrected chi connectivity index (χ0v) is 14.8. The van der Waals surface area contributed by atoms with Crippen LogP contribution in [0.2, 0.25) is 0 Å². The first-order chi connectivity index (χ1) is 13.3. The van der Waals surface area contributed by atoms with E-state index in [2.05, 4.69) is 10.5 Å². The van der Waals surface area contributed by atoms with Gasteiger partial charge in [0.2, 0.25) is 0 Å². The minimum Gasteiger partial charge on any atom is -0.493 e. The first-order valence-corrected chi connectivity index (χ1v) is 8.00. The Hall–Kier alpha value is -3.49. The number of hydrogen-bond acceptors (Lipinski definition) is 5. The fourth-order valence-electron chi connectivity index (χ4n) is 2.53. The molecule has 0 saturated carbocycles. The van der Waals surface area contributed by atoms with Crippen LogP contribution in [0.3, 0.4) is 0 Å². The molecule has 0 bridgehead atoms. The van der Waals surface area contributed by atoms with Crippen LogP contribution < -0.4 is 14.8 Å². The molecule has 146 valence electrons. The Balaban J connectivity index is 1.84. The summed E-state index contributed by atoms with van der Waals surface area (Å²) in [6, 6.07) is 10.9. The first kappa shape index (κ1) is 19.3. The van der Waals surface area contributed by atoms with Gasteiger partial charge in [0.05, 0.1) is 25.5 Å². The largest absolute Gasteiger partial charge is 0.493 e. The molecule has 0 radical (unpaired) electrons. The summed E-state index contributed by atoms with van der Waals surface area (Å²) in [4.78, 5) is 12.3. The highest BCUT2D eigenvalue weighted by molar-refractivity contribution is 6.03. The molecule has 0 fully saturated rings. The zero-order valence-electron chi connectivity index (χ0n) is 14.8. The van der Waals surface area contributed by atoms with Crippen molar-refractivity contribution in [2.75, 3.05) is 19.5 Å². The lowest BCUT2D eigenvalue weighted by Gasteiger charge is -2.12. The molecule has 0 spiro atoms. The van der Waals surface area contributed by atoms with Crippen molar-refractivity contribution in [3.63, 3.8) is 0 Å². The van der Waals surface area contributed by atoms with E-state index >= 15 is 0 Å². The lowest BCUT2D eigenvalue weighted by molar-refractivity contribution is -0.136. The summed E-state index contributed by atoms with van der Waals surface area (Å²) in [6.45, 7) is 0. The van der Waals surface area contributed by atoms with Crippen molar-refractivity contribution >= 4 is 11.6 Å². The van der Waals surface area contributed by atoms with Crippen LogP contribution in [0, 0.1) is 0 Å². The number of rotatable bonds is 5. The van der Waals surface area contributed by atoms with E-state index in [1.165, 1.54) is 32.4 Å². The van der Waals surface area contributed by atoms with E-state index in [0.717, 1.165) is 12.1 Å². The van der Waals surface area contributed by atoms with Crippen molar-refractivity contribution in [3.05, 3.63) is 59.8 Å². The predicted molar refractivity (Wildman–Crippen MR) is 94.4 cm³/mol. The maximum Gasteiger partial charge on any atom is 0.418 e. The van der Waals surface area contributed by atoms with Gasteiger partial charge in [-0.3, -0.25) is 4.79 Å². The van der Waals surface area contributed by atoms with Gasteiger partial charge in [0.15, 0.2) is 23.0 Å². The molecule has 0 atom stereocenters. The number of nitrogens with zero attached hydrogens (tertiary/aromatic N) is 1. The normalized spacial score (nSPS) is 11.2. The monoisotopic (exact) mass is 392 g/mol. The van der Waals surface area contributed by atoms with E-state index < -0.39 is 17.6 Å². The van der Waals surface area contributed by atoms with E-state index in [9.17, 15) is 18.0 Å². The van der Waals surface area contributed by atoms with Crippen LogP contribution in [0.4, 0.5) is 18.9 Å². The molecule has 28 heavy (non-hydrogen) atoms. The van der Waals surface area contributed by atoms with Gasteiger partial charge in [0, 0.05) is 11.6 Å². The number of alkyl halides is 3. The topological polar surface area (TPSA) is 73.6 Å². The standard InChI is InChI=1S/C19H15F3N2O4/c1-26-15-8-7-11(9-17(15)27-2)16-10-14(24-28-16)18(25)23-13-6-4-3-5-12(13)19(20,21)22/h3-10H,1-2H3,(H,23,25). The number of aromatic nitrogens is 1. The minimum atomic E-state index is -4.60. The van der Waals surface area contributed by atoms with Crippen molar-refractivity contribution in [1.29, 1.82) is 0 Å². The molecule has 1 N–H and O–H groups in total. The highest BCUT2D eigenvalue weighted by atomic mass is 19.4. The van der Waals surface area contributed by atoms with Crippen LogP contribution in [0.25, 0.3) is 11.3 Å².